The number of anilines is 1. The van der Waals surface area contributed by atoms with Crippen LogP contribution in [0.25, 0.3) is 5.57 Å². The molecule has 2 aliphatic carbocycles. The number of hydrogen-bond acceptors (Lipinski definition) is 2. The van der Waals surface area contributed by atoms with E-state index >= 15 is 0 Å². The third kappa shape index (κ3) is 3.41. The van der Waals surface area contributed by atoms with E-state index in [1.54, 1.807) is 18.2 Å². The normalized spacial score (nSPS) is 24.5. The fraction of sp³-hybridized carbons (Fsp3) is 0.200. The van der Waals surface area contributed by atoms with Gasteiger partial charge in [0.2, 0.25) is 11.8 Å². The van der Waals surface area contributed by atoms with E-state index in [2.05, 4.69) is 74.5 Å². The Bertz CT molecular complexity index is 1350. The van der Waals surface area contributed by atoms with Gasteiger partial charge in [0.1, 0.15) is 0 Å². The fourth-order valence-electron chi connectivity index (χ4n) is 5.94. The van der Waals surface area contributed by atoms with Crippen LogP contribution in [-0.4, -0.2) is 11.8 Å². The summed E-state index contributed by atoms with van der Waals surface area (Å²) in [6.45, 7) is 4.14. The van der Waals surface area contributed by atoms with Crippen molar-refractivity contribution in [3.63, 3.8) is 0 Å². The fourth-order valence-corrected chi connectivity index (χ4v) is 6.43. The number of fused-ring (bicyclic) bond motifs is 5. The van der Waals surface area contributed by atoms with Crippen LogP contribution in [0.2, 0.25) is 10.0 Å². The molecule has 2 fully saturated rings. The summed E-state index contributed by atoms with van der Waals surface area (Å²) in [5, 5.41) is 0.765. The minimum absolute atomic E-state index is 0.130. The third-order valence-corrected chi connectivity index (χ3v) is 8.07. The number of hydrogen-bond donors (Lipinski definition) is 0. The number of halogens is 2. The van der Waals surface area contributed by atoms with Crippen LogP contribution in [0, 0.1) is 37.5 Å². The van der Waals surface area contributed by atoms with Gasteiger partial charge >= 0.3 is 0 Å². The number of imide groups is 1. The van der Waals surface area contributed by atoms with Crippen molar-refractivity contribution >= 4 is 46.3 Å². The van der Waals surface area contributed by atoms with Gasteiger partial charge in [0, 0.05) is 16.9 Å². The van der Waals surface area contributed by atoms with Gasteiger partial charge in [-0.3, -0.25) is 9.59 Å². The van der Waals surface area contributed by atoms with Gasteiger partial charge in [-0.2, -0.15) is 0 Å². The first-order valence-electron chi connectivity index (χ1n) is 11.7. The molecule has 2 bridgehead atoms. The zero-order valence-corrected chi connectivity index (χ0v) is 20.8. The summed E-state index contributed by atoms with van der Waals surface area (Å²) in [6, 6.07) is 21.8. The zero-order valence-electron chi connectivity index (χ0n) is 19.3. The Morgan fingerprint density at radius 2 is 1.20 bits per heavy atom. The second-order valence-corrected chi connectivity index (χ2v) is 10.5. The van der Waals surface area contributed by atoms with Crippen molar-refractivity contribution in [2.45, 2.75) is 13.8 Å². The van der Waals surface area contributed by atoms with Crippen LogP contribution in [0.5, 0.6) is 0 Å². The molecule has 6 rings (SSSR count). The summed E-state index contributed by atoms with van der Waals surface area (Å²) < 4.78 is 0. The van der Waals surface area contributed by atoms with Crippen LogP contribution < -0.4 is 4.90 Å². The number of aryl methyl sites for hydroxylation is 2. The highest BCUT2D eigenvalue weighted by Crippen LogP contribution is 2.59. The van der Waals surface area contributed by atoms with Crippen molar-refractivity contribution in [2.24, 2.45) is 23.7 Å². The number of benzene rings is 3. The van der Waals surface area contributed by atoms with E-state index < -0.39 is 11.8 Å². The minimum atomic E-state index is -0.426. The first-order valence-corrected chi connectivity index (χ1v) is 12.5. The Balaban J connectivity index is 1.49. The van der Waals surface area contributed by atoms with Gasteiger partial charge in [0.15, 0.2) is 0 Å². The zero-order chi connectivity index (χ0) is 24.4. The number of nitrogens with zero attached hydrogens (tertiary/aromatic N) is 1. The van der Waals surface area contributed by atoms with Crippen LogP contribution in [0.15, 0.2) is 84.5 Å². The molecule has 2 amide bonds. The summed E-state index contributed by atoms with van der Waals surface area (Å²) in [7, 11) is 0. The summed E-state index contributed by atoms with van der Waals surface area (Å²) >= 11 is 12.4. The second-order valence-electron chi connectivity index (χ2n) is 9.66. The molecule has 0 unspecified atom stereocenters. The van der Waals surface area contributed by atoms with Crippen molar-refractivity contribution in [2.75, 3.05) is 4.90 Å². The molecule has 0 aromatic heterocycles. The molecule has 0 radical (unpaired) electrons. The second kappa shape index (κ2) is 8.22. The van der Waals surface area contributed by atoms with E-state index in [-0.39, 0.29) is 23.7 Å². The molecule has 35 heavy (non-hydrogen) atoms. The number of carbonyl (C=O) groups is 2. The molecule has 1 heterocycles. The number of rotatable bonds is 3. The highest BCUT2D eigenvalue weighted by atomic mass is 35.5. The molecule has 5 heteroatoms. The molecule has 3 nitrogen and oxygen atoms in total. The summed E-state index contributed by atoms with van der Waals surface area (Å²) in [5.74, 6) is -1.49. The monoisotopic (exact) mass is 499 g/mol. The minimum Gasteiger partial charge on any atom is -0.274 e. The van der Waals surface area contributed by atoms with Crippen molar-refractivity contribution in [3.05, 3.63) is 117 Å². The van der Waals surface area contributed by atoms with Crippen LogP contribution in [0.3, 0.4) is 0 Å². The van der Waals surface area contributed by atoms with Gasteiger partial charge in [0.05, 0.1) is 22.5 Å². The van der Waals surface area contributed by atoms with Crippen molar-refractivity contribution in [1.82, 2.24) is 0 Å². The van der Waals surface area contributed by atoms with Crippen LogP contribution in [0.1, 0.15) is 22.3 Å². The summed E-state index contributed by atoms with van der Waals surface area (Å²) in [5.41, 5.74) is 7.27. The lowest BCUT2D eigenvalue weighted by molar-refractivity contribution is -0.122. The van der Waals surface area contributed by atoms with Gasteiger partial charge in [-0.05, 0) is 54.3 Å². The summed E-state index contributed by atoms with van der Waals surface area (Å²) in [6.07, 6.45) is 4.23. The van der Waals surface area contributed by atoms with Crippen molar-refractivity contribution < 1.29 is 9.59 Å². The predicted molar refractivity (Wildman–Crippen MR) is 140 cm³/mol. The summed E-state index contributed by atoms with van der Waals surface area (Å²) in [4.78, 5) is 28.7. The molecule has 3 aromatic rings. The Morgan fingerprint density at radius 1 is 0.714 bits per heavy atom. The molecule has 0 spiro atoms. The Morgan fingerprint density at radius 3 is 1.66 bits per heavy atom. The number of allylic oxidation sites excluding steroid dienone is 3. The lowest BCUT2D eigenvalue weighted by atomic mass is 9.85. The maximum atomic E-state index is 13.7. The average Bonchev–Trinajstić information content (AvgIpc) is 3.46. The van der Waals surface area contributed by atoms with E-state index in [9.17, 15) is 9.59 Å². The first-order chi connectivity index (χ1) is 16.8. The van der Waals surface area contributed by atoms with E-state index in [4.69, 9.17) is 23.2 Å². The topological polar surface area (TPSA) is 37.4 Å². The Kier molecular flexibility index (Phi) is 5.24. The Labute approximate surface area is 214 Å². The van der Waals surface area contributed by atoms with E-state index in [0.717, 1.165) is 22.3 Å². The number of carbonyl (C=O) groups excluding carboxylic acids is 2. The standard InChI is InChI=1S/C30H23Cl2NO2/c1-16-3-7-18(8-4-16)25(19-9-5-17(2)6-10-19)26-21-12-13-22(26)28-27(21)29(34)33(30(28)35)24-14-11-20(31)15-23(24)32/h3-15,21-22,27-28H,1-2H3/t21-,22-,27-,28-/m1/s1. The molecule has 1 saturated heterocycles. The van der Waals surface area contributed by atoms with E-state index in [1.807, 2.05) is 0 Å². The molecule has 174 valence electrons. The molecular weight excluding hydrogens is 477 g/mol. The van der Waals surface area contributed by atoms with Crippen molar-refractivity contribution in [1.29, 1.82) is 0 Å². The highest BCUT2D eigenvalue weighted by Gasteiger charge is 2.62. The van der Waals surface area contributed by atoms with Gasteiger partial charge in [-0.1, -0.05) is 95.0 Å². The lowest BCUT2D eigenvalue weighted by Crippen LogP contribution is -2.33. The maximum absolute atomic E-state index is 13.7. The lowest BCUT2D eigenvalue weighted by Gasteiger charge is -2.22. The van der Waals surface area contributed by atoms with Gasteiger partial charge in [-0.15, -0.1) is 0 Å². The molecule has 4 atom stereocenters. The average molecular weight is 500 g/mol. The SMILES string of the molecule is Cc1ccc(C(=C2[C@H]3C=C[C@H]2[C@H]2C(=O)N(c4ccc(Cl)cc4Cl)C(=O)[C@@H]23)c2ccc(C)cc2)cc1. The molecule has 3 aliphatic rings. The Hall–Kier alpha value is -3.14. The van der Waals surface area contributed by atoms with E-state index in [0.29, 0.717) is 15.7 Å². The van der Waals surface area contributed by atoms with Gasteiger partial charge in [-0.25, -0.2) is 4.90 Å². The highest BCUT2D eigenvalue weighted by molar-refractivity contribution is 6.38. The molecule has 0 N–H and O–H groups in total. The number of amides is 2. The molecule has 1 saturated carbocycles. The first kappa shape index (κ1) is 22.3. The van der Waals surface area contributed by atoms with Crippen LogP contribution in [-0.2, 0) is 9.59 Å². The maximum Gasteiger partial charge on any atom is 0.238 e. The van der Waals surface area contributed by atoms with Gasteiger partial charge < -0.3 is 0 Å². The quantitative estimate of drug-likeness (QED) is 0.286. The van der Waals surface area contributed by atoms with Crippen LogP contribution >= 0.6 is 23.2 Å². The smallest absolute Gasteiger partial charge is 0.238 e. The van der Waals surface area contributed by atoms with Crippen molar-refractivity contribution in [3.8, 4) is 0 Å². The molecule has 1 aliphatic heterocycles. The molecular formula is C30H23Cl2NO2. The van der Waals surface area contributed by atoms with Crippen LogP contribution in [0.4, 0.5) is 5.69 Å². The van der Waals surface area contributed by atoms with E-state index in [1.165, 1.54) is 16.0 Å². The molecule has 3 aromatic carbocycles. The largest absolute Gasteiger partial charge is 0.274 e. The predicted octanol–water partition coefficient (Wildman–Crippen LogP) is 7.03. The van der Waals surface area contributed by atoms with Gasteiger partial charge in [0.25, 0.3) is 0 Å². The third-order valence-electron chi connectivity index (χ3n) is 7.54.